The van der Waals surface area contributed by atoms with Gasteiger partial charge in [-0.25, -0.2) is 9.78 Å². The minimum Gasteiger partial charge on any atom is -0.478 e. The highest BCUT2D eigenvalue weighted by atomic mass is 32.1. The molecule has 1 aliphatic heterocycles. The number of likely N-dealkylation sites (tertiary alicyclic amines) is 1. The second-order valence-electron chi connectivity index (χ2n) is 4.51. The quantitative estimate of drug-likeness (QED) is 0.808. The van der Waals surface area contributed by atoms with E-state index in [4.69, 9.17) is 9.84 Å². The van der Waals surface area contributed by atoms with Crippen molar-refractivity contribution in [3.05, 3.63) is 21.7 Å². The van der Waals surface area contributed by atoms with E-state index in [0.717, 1.165) is 41.3 Å². The zero-order valence-corrected chi connectivity index (χ0v) is 11.8. The van der Waals surface area contributed by atoms with Crippen LogP contribution in [-0.4, -0.2) is 41.2 Å². The van der Waals surface area contributed by atoms with Crippen LogP contribution in [0.25, 0.3) is 6.08 Å². The molecule has 104 valence electrons. The highest BCUT2D eigenvalue weighted by Crippen LogP contribution is 2.23. The predicted molar refractivity (Wildman–Crippen MR) is 74.0 cm³/mol. The molecular weight excluding hydrogens is 264 g/mol. The van der Waals surface area contributed by atoms with Gasteiger partial charge in [-0.15, -0.1) is 11.3 Å². The number of hydrogen-bond donors (Lipinski definition) is 1. The Labute approximate surface area is 116 Å². The average Bonchev–Trinajstić information content (AvgIpc) is 2.98. The van der Waals surface area contributed by atoms with E-state index in [-0.39, 0.29) is 0 Å². The fourth-order valence-corrected chi connectivity index (χ4v) is 3.15. The van der Waals surface area contributed by atoms with E-state index in [1.165, 1.54) is 12.8 Å². The molecule has 0 atom stereocenters. The van der Waals surface area contributed by atoms with Gasteiger partial charge in [0.05, 0.1) is 23.7 Å². The molecule has 1 saturated heterocycles. The summed E-state index contributed by atoms with van der Waals surface area (Å²) in [7, 11) is 1.62. The maximum Gasteiger partial charge on any atom is 0.328 e. The molecule has 1 N–H and O–H groups in total. The SMILES string of the molecule is COCc1nc(CN2CCCC2)sc1/C=C/C(=O)O. The molecular formula is C13H18N2O3S. The number of rotatable bonds is 6. The Morgan fingerprint density at radius 2 is 2.26 bits per heavy atom. The van der Waals surface area contributed by atoms with Gasteiger partial charge >= 0.3 is 5.97 Å². The molecule has 2 rings (SSSR count). The lowest BCUT2D eigenvalue weighted by Crippen LogP contribution is -2.18. The van der Waals surface area contributed by atoms with E-state index in [9.17, 15) is 4.79 Å². The minimum atomic E-state index is -0.946. The summed E-state index contributed by atoms with van der Waals surface area (Å²) >= 11 is 1.55. The number of thiazole rings is 1. The molecule has 0 aliphatic carbocycles. The van der Waals surface area contributed by atoms with Crippen molar-refractivity contribution < 1.29 is 14.6 Å². The van der Waals surface area contributed by atoms with Gasteiger partial charge < -0.3 is 9.84 Å². The Morgan fingerprint density at radius 1 is 1.53 bits per heavy atom. The van der Waals surface area contributed by atoms with E-state index < -0.39 is 5.97 Å². The fraction of sp³-hybridized carbons (Fsp3) is 0.538. The third kappa shape index (κ3) is 4.12. The number of aliphatic carboxylic acids is 1. The third-order valence-electron chi connectivity index (χ3n) is 2.99. The average molecular weight is 282 g/mol. The van der Waals surface area contributed by atoms with Crippen LogP contribution in [0, 0.1) is 0 Å². The molecule has 5 nitrogen and oxygen atoms in total. The Morgan fingerprint density at radius 3 is 2.89 bits per heavy atom. The van der Waals surface area contributed by atoms with E-state index in [0.29, 0.717) is 6.61 Å². The second-order valence-corrected chi connectivity index (χ2v) is 5.62. The van der Waals surface area contributed by atoms with Crippen LogP contribution in [0.5, 0.6) is 0 Å². The van der Waals surface area contributed by atoms with Crippen molar-refractivity contribution in [1.82, 2.24) is 9.88 Å². The Kier molecular flexibility index (Phi) is 5.07. The first kappa shape index (κ1) is 14.2. The van der Waals surface area contributed by atoms with Gasteiger partial charge in [0, 0.05) is 13.2 Å². The number of carbonyl (C=O) groups is 1. The second kappa shape index (κ2) is 6.79. The van der Waals surface area contributed by atoms with Crippen LogP contribution in [0.15, 0.2) is 6.08 Å². The lowest BCUT2D eigenvalue weighted by Gasteiger charge is -2.11. The first-order valence-electron chi connectivity index (χ1n) is 6.30. The Hall–Kier alpha value is -1.24. The molecule has 1 fully saturated rings. The van der Waals surface area contributed by atoms with Crippen molar-refractivity contribution in [3.63, 3.8) is 0 Å². The number of aromatic nitrogens is 1. The molecule has 0 bridgehead atoms. The van der Waals surface area contributed by atoms with Gasteiger partial charge in [-0.05, 0) is 32.0 Å². The lowest BCUT2D eigenvalue weighted by atomic mass is 10.3. The zero-order chi connectivity index (χ0) is 13.7. The summed E-state index contributed by atoms with van der Waals surface area (Å²) in [5.41, 5.74) is 0.819. The van der Waals surface area contributed by atoms with E-state index >= 15 is 0 Å². The zero-order valence-electron chi connectivity index (χ0n) is 11.0. The number of nitrogens with zero attached hydrogens (tertiary/aromatic N) is 2. The number of hydrogen-bond acceptors (Lipinski definition) is 5. The Bertz CT molecular complexity index is 464. The van der Waals surface area contributed by atoms with Crippen LogP contribution in [0.4, 0.5) is 0 Å². The van der Waals surface area contributed by atoms with Crippen LogP contribution in [0.1, 0.15) is 28.4 Å². The summed E-state index contributed by atoms with van der Waals surface area (Å²) in [5.74, 6) is -0.946. The van der Waals surface area contributed by atoms with E-state index in [2.05, 4.69) is 9.88 Å². The van der Waals surface area contributed by atoms with Crippen molar-refractivity contribution in [2.24, 2.45) is 0 Å². The smallest absolute Gasteiger partial charge is 0.328 e. The van der Waals surface area contributed by atoms with Gasteiger partial charge in [0.25, 0.3) is 0 Å². The fourth-order valence-electron chi connectivity index (χ4n) is 2.13. The number of carboxylic acid groups (broad SMARTS) is 1. The number of ether oxygens (including phenoxy) is 1. The monoisotopic (exact) mass is 282 g/mol. The van der Waals surface area contributed by atoms with Crippen molar-refractivity contribution in [1.29, 1.82) is 0 Å². The Balaban J connectivity index is 2.11. The van der Waals surface area contributed by atoms with Gasteiger partial charge in [0.15, 0.2) is 0 Å². The summed E-state index contributed by atoms with van der Waals surface area (Å²) < 4.78 is 5.11. The van der Waals surface area contributed by atoms with Gasteiger partial charge in [-0.1, -0.05) is 0 Å². The molecule has 1 aliphatic rings. The van der Waals surface area contributed by atoms with E-state index in [1.54, 1.807) is 24.5 Å². The van der Waals surface area contributed by atoms with Crippen molar-refractivity contribution >= 4 is 23.4 Å². The molecule has 6 heteroatoms. The van der Waals surface area contributed by atoms with Crippen LogP contribution < -0.4 is 0 Å². The lowest BCUT2D eigenvalue weighted by molar-refractivity contribution is -0.131. The highest BCUT2D eigenvalue weighted by molar-refractivity contribution is 7.12. The summed E-state index contributed by atoms with van der Waals surface area (Å²) in [4.78, 5) is 18.4. The molecule has 0 spiro atoms. The maximum atomic E-state index is 10.6. The van der Waals surface area contributed by atoms with Gasteiger partial charge in [-0.2, -0.15) is 0 Å². The van der Waals surface area contributed by atoms with Crippen LogP contribution in [0.2, 0.25) is 0 Å². The van der Waals surface area contributed by atoms with Gasteiger partial charge in [-0.3, -0.25) is 4.90 Å². The topological polar surface area (TPSA) is 62.7 Å². The third-order valence-corrected chi connectivity index (χ3v) is 4.04. The molecule has 1 aromatic rings. The summed E-state index contributed by atoms with van der Waals surface area (Å²) in [6.45, 7) is 3.51. The molecule has 19 heavy (non-hydrogen) atoms. The maximum absolute atomic E-state index is 10.6. The molecule has 0 aromatic carbocycles. The molecule has 2 heterocycles. The number of carboxylic acids is 1. The van der Waals surface area contributed by atoms with Crippen LogP contribution in [-0.2, 0) is 22.7 Å². The van der Waals surface area contributed by atoms with Gasteiger partial charge in [0.1, 0.15) is 5.01 Å². The van der Waals surface area contributed by atoms with Crippen molar-refractivity contribution in [3.8, 4) is 0 Å². The van der Waals surface area contributed by atoms with Crippen molar-refractivity contribution in [2.75, 3.05) is 20.2 Å². The minimum absolute atomic E-state index is 0.412. The van der Waals surface area contributed by atoms with Crippen LogP contribution >= 0.6 is 11.3 Å². The van der Waals surface area contributed by atoms with Gasteiger partial charge in [0.2, 0.25) is 0 Å². The largest absolute Gasteiger partial charge is 0.478 e. The summed E-state index contributed by atoms with van der Waals surface area (Å²) in [6, 6.07) is 0. The van der Waals surface area contributed by atoms with E-state index in [1.807, 2.05) is 0 Å². The summed E-state index contributed by atoms with van der Waals surface area (Å²) in [5, 5.41) is 9.72. The standard InChI is InChI=1S/C13H18N2O3S/c1-18-9-10-11(4-5-13(16)17)19-12(14-10)8-15-6-2-3-7-15/h4-5H,2-3,6-9H2,1H3,(H,16,17)/b5-4+. The molecule has 0 unspecified atom stereocenters. The van der Waals surface area contributed by atoms with Crippen molar-refractivity contribution in [2.45, 2.75) is 26.0 Å². The molecule has 0 amide bonds. The first-order valence-corrected chi connectivity index (χ1v) is 7.11. The summed E-state index contributed by atoms with van der Waals surface area (Å²) in [6.07, 6.45) is 5.25. The first-order chi connectivity index (χ1) is 9.19. The molecule has 0 saturated carbocycles. The predicted octanol–water partition coefficient (Wildman–Crippen LogP) is 1.98. The number of methoxy groups -OCH3 is 1. The molecule has 1 aromatic heterocycles. The molecule has 0 radical (unpaired) electrons. The normalized spacial score (nSPS) is 16.5. The van der Waals surface area contributed by atoms with Crippen LogP contribution in [0.3, 0.4) is 0 Å². The highest BCUT2D eigenvalue weighted by Gasteiger charge is 2.15.